The molecule has 0 saturated carbocycles. The van der Waals surface area contributed by atoms with Gasteiger partial charge in [0.05, 0.1) is 12.2 Å². The molecule has 0 amide bonds. The first-order valence-corrected chi connectivity index (χ1v) is 5.04. The number of carboxylic acids is 1. The Morgan fingerprint density at radius 3 is 2.47 bits per heavy atom. The molecule has 0 aromatic rings. The van der Waals surface area contributed by atoms with Gasteiger partial charge in [-0.3, -0.25) is 0 Å². The lowest BCUT2D eigenvalue weighted by atomic mass is 10.0. The Kier molecular flexibility index (Phi) is 6.19. The monoisotopic (exact) mass is 211 g/mol. The van der Waals surface area contributed by atoms with Crippen molar-refractivity contribution in [2.24, 2.45) is 5.92 Å². The Bertz CT molecular complexity index is 287. The molecule has 0 heterocycles. The number of unbranched alkanes of at least 4 members (excludes halogenated alkanes) is 1. The first kappa shape index (κ1) is 13.5. The fraction of sp³-hybridized carbons (Fsp3) is 0.636. The molecular formula is C11H17NO3. The first-order valence-electron chi connectivity index (χ1n) is 5.04. The largest absolute Gasteiger partial charge is 0.483 e. The van der Waals surface area contributed by atoms with Gasteiger partial charge in [0.25, 0.3) is 0 Å². The second-order valence-corrected chi connectivity index (χ2v) is 3.52. The molecule has 0 aromatic heterocycles. The summed E-state index contributed by atoms with van der Waals surface area (Å²) in [5, 5.41) is 17.7. The molecular weight excluding hydrogens is 194 g/mol. The molecule has 0 aromatic carbocycles. The van der Waals surface area contributed by atoms with E-state index in [0.717, 1.165) is 12.8 Å². The molecule has 0 fully saturated rings. The standard InChI is InChI=1S/C11H17NO3/c1-4-5-6-15-9(7-12)10(8(2)3)11(13)14/h8H,4-6H2,1-3H3,(H,13,14). The van der Waals surface area contributed by atoms with Crippen LogP contribution in [0, 0.1) is 17.2 Å². The number of hydrogen-bond acceptors (Lipinski definition) is 3. The Morgan fingerprint density at radius 1 is 1.53 bits per heavy atom. The summed E-state index contributed by atoms with van der Waals surface area (Å²) in [6.07, 6.45) is 1.76. The molecule has 0 saturated heterocycles. The van der Waals surface area contributed by atoms with Gasteiger partial charge in [0.15, 0.2) is 0 Å². The van der Waals surface area contributed by atoms with Gasteiger partial charge >= 0.3 is 5.97 Å². The predicted molar refractivity (Wildman–Crippen MR) is 56.0 cm³/mol. The van der Waals surface area contributed by atoms with Crippen molar-refractivity contribution in [3.63, 3.8) is 0 Å². The molecule has 84 valence electrons. The molecule has 0 radical (unpaired) electrons. The van der Waals surface area contributed by atoms with E-state index in [1.54, 1.807) is 19.9 Å². The lowest BCUT2D eigenvalue weighted by Crippen LogP contribution is -2.12. The highest BCUT2D eigenvalue weighted by Crippen LogP contribution is 2.16. The number of nitriles is 1. The highest BCUT2D eigenvalue weighted by atomic mass is 16.5. The normalized spacial score (nSPS) is 11.9. The minimum Gasteiger partial charge on any atom is -0.483 e. The van der Waals surface area contributed by atoms with Crippen molar-refractivity contribution < 1.29 is 14.6 Å². The molecule has 0 unspecified atom stereocenters. The summed E-state index contributed by atoms with van der Waals surface area (Å²) in [4.78, 5) is 10.9. The Morgan fingerprint density at radius 2 is 2.13 bits per heavy atom. The quantitative estimate of drug-likeness (QED) is 0.317. The maximum Gasteiger partial charge on any atom is 0.336 e. The number of nitrogens with zero attached hydrogens (tertiary/aromatic N) is 1. The van der Waals surface area contributed by atoms with Crippen molar-refractivity contribution in [1.82, 2.24) is 0 Å². The number of aliphatic carboxylic acids is 1. The van der Waals surface area contributed by atoms with Crippen molar-refractivity contribution in [2.45, 2.75) is 33.6 Å². The summed E-state index contributed by atoms with van der Waals surface area (Å²) >= 11 is 0. The molecule has 0 bridgehead atoms. The van der Waals surface area contributed by atoms with Gasteiger partial charge in [0, 0.05) is 0 Å². The number of rotatable bonds is 6. The molecule has 0 atom stereocenters. The van der Waals surface area contributed by atoms with Crippen LogP contribution in [0.4, 0.5) is 0 Å². The molecule has 1 N–H and O–H groups in total. The molecule has 0 aliphatic heterocycles. The van der Waals surface area contributed by atoms with Gasteiger partial charge in [-0.2, -0.15) is 5.26 Å². The van der Waals surface area contributed by atoms with Crippen LogP contribution in [0.3, 0.4) is 0 Å². The van der Waals surface area contributed by atoms with Gasteiger partial charge in [-0.05, 0) is 12.3 Å². The molecule has 4 heteroatoms. The summed E-state index contributed by atoms with van der Waals surface area (Å²) in [6, 6.07) is 1.80. The molecule has 4 nitrogen and oxygen atoms in total. The highest BCUT2D eigenvalue weighted by molar-refractivity contribution is 5.88. The van der Waals surface area contributed by atoms with Crippen LogP contribution in [-0.2, 0) is 9.53 Å². The van der Waals surface area contributed by atoms with E-state index in [4.69, 9.17) is 15.1 Å². The van der Waals surface area contributed by atoms with Gasteiger partial charge in [-0.25, -0.2) is 4.79 Å². The maximum atomic E-state index is 10.9. The van der Waals surface area contributed by atoms with Crippen LogP contribution in [0.25, 0.3) is 0 Å². The van der Waals surface area contributed by atoms with E-state index in [0.29, 0.717) is 6.61 Å². The molecule has 0 rings (SSSR count). The van der Waals surface area contributed by atoms with Crippen molar-refractivity contribution in [2.75, 3.05) is 6.61 Å². The minimum absolute atomic E-state index is 0.0496. The first-order chi connectivity index (χ1) is 7.04. The van der Waals surface area contributed by atoms with E-state index in [1.165, 1.54) is 0 Å². The van der Waals surface area contributed by atoms with Crippen molar-refractivity contribution in [3.05, 3.63) is 11.3 Å². The summed E-state index contributed by atoms with van der Waals surface area (Å²) in [5.41, 5.74) is 0.0496. The van der Waals surface area contributed by atoms with Crippen LogP contribution in [0.1, 0.15) is 33.6 Å². The Balaban J connectivity index is 4.76. The fourth-order valence-electron chi connectivity index (χ4n) is 1.10. The van der Waals surface area contributed by atoms with E-state index >= 15 is 0 Å². The number of allylic oxidation sites excluding steroid dienone is 1. The maximum absolute atomic E-state index is 10.9. The predicted octanol–water partition coefficient (Wildman–Crippen LogP) is 2.32. The number of carbonyl (C=O) groups is 1. The average Bonchev–Trinajstić information content (AvgIpc) is 2.15. The van der Waals surface area contributed by atoms with Crippen LogP contribution in [0.2, 0.25) is 0 Å². The second-order valence-electron chi connectivity index (χ2n) is 3.52. The lowest BCUT2D eigenvalue weighted by molar-refractivity contribution is -0.133. The SMILES string of the molecule is CCCCOC(C#N)=C(C(=O)O)C(C)C. The third-order valence-electron chi connectivity index (χ3n) is 1.90. The van der Waals surface area contributed by atoms with Gasteiger partial charge in [-0.15, -0.1) is 0 Å². The number of ether oxygens (including phenoxy) is 1. The van der Waals surface area contributed by atoms with E-state index in [2.05, 4.69) is 0 Å². The van der Waals surface area contributed by atoms with Crippen molar-refractivity contribution >= 4 is 5.97 Å². The van der Waals surface area contributed by atoms with Crippen LogP contribution < -0.4 is 0 Å². The van der Waals surface area contributed by atoms with Crippen molar-refractivity contribution in [3.8, 4) is 6.07 Å². The van der Waals surface area contributed by atoms with Gasteiger partial charge in [0.1, 0.15) is 6.07 Å². The zero-order chi connectivity index (χ0) is 11.8. The average molecular weight is 211 g/mol. The summed E-state index contributed by atoms with van der Waals surface area (Å²) in [7, 11) is 0. The van der Waals surface area contributed by atoms with Crippen LogP contribution in [0.5, 0.6) is 0 Å². The fourth-order valence-corrected chi connectivity index (χ4v) is 1.10. The summed E-state index contributed by atoms with van der Waals surface area (Å²) < 4.78 is 5.15. The second kappa shape index (κ2) is 6.88. The van der Waals surface area contributed by atoms with Crippen molar-refractivity contribution in [1.29, 1.82) is 5.26 Å². The third kappa shape index (κ3) is 4.50. The van der Waals surface area contributed by atoms with Crippen LogP contribution >= 0.6 is 0 Å². The van der Waals surface area contributed by atoms with Gasteiger partial charge in [-0.1, -0.05) is 27.2 Å². The lowest BCUT2D eigenvalue weighted by Gasteiger charge is -2.10. The number of hydrogen-bond donors (Lipinski definition) is 1. The Hall–Kier alpha value is -1.50. The topological polar surface area (TPSA) is 70.3 Å². The van der Waals surface area contributed by atoms with E-state index in [9.17, 15) is 4.79 Å². The molecule has 15 heavy (non-hydrogen) atoms. The summed E-state index contributed by atoms with van der Waals surface area (Å²) in [6.45, 7) is 5.84. The van der Waals surface area contributed by atoms with E-state index in [1.807, 2.05) is 6.92 Å². The minimum atomic E-state index is -1.09. The van der Waals surface area contributed by atoms with Gasteiger partial charge < -0.3 is 9.84 Å². The summed E-state index contributed by atoms with van der Waals surface area (Å²) in [5.74, 6) is -1.37. The van der Waals surface area contributed by atoms with E-state index < -0.39 is 5.97 Å². The third-order valence-corrected chi connectivity index (χ3v) is 1.90. The highest BCUT2D eigenvalue weighted by Gasteiger charge is 2.19. The zero-order valence-corrected chi connectivity index (χ0v) is 9.41. The Labute approximate surface area is 90.2 Å². The smallest absolute Gasteiger partial charge is 0.336 e. The van der Waals surface area contributed by atoms with Gasteiger partial charge in [0.2, 0.25) is 5.76 Å². The molecule has 0 spiro atoms. The van der Waals surface area contributed by atoms with E-state index in [-0.39, 0.29) is 17.3 Å². The molecule has 0 aliphatic carbocycles. The number of carboxylic acid groups (broad SMARTS) is 1. The zero-order valence-electron chi connectivity index (χ0n) is 9.41. The molecule has 0 aliphatic rings. The van der Waals surface area contributed by atoms with Crippen LogP contribution in [-0.4, -0.2) is 17.7 Å². The van der Waals surface area contributed by atoms with Crippen LogP contribution in [0.15, 0.2) is 11.3 Å².